The lowest BCUT2D eigenvalue weighted by molar-refractivity contribution is 0.212. The van der Waals surface area contributed by atoms with E-state index in [9.17, 15) is 8.42 Å². The second-order valence-electron chi connectivity index (χ2n) is 4.38. The summed E-state index contributed by atoms with van der Waals surface area (Å²) in [5.74, 6) is 1.03. The Bertz CT molecular complexity index is 572. The quantitative estimate of drug-likeness (QED) is 0.818. The molecule has 102 valence electrons. The van der Waals surface area contributed by atoms with Gasteiger partial charge in [-0.25, -0.2) is 12.7 Å². The monoisotopic (exact) mass is 281 g/mol. The number of rotatable bonds is 5. The van der Waals surface area contributed by atoms with Gasteiger partial charge in [0.15, 0.2) is 5.69 Å². The Kier molecular flexibility index (Phi) is 3.97. The molecule has 0 bridgehead atoms. The first-order valence-corrected chi connectivity index (χ1v) is 7.61. The highest BCUT2D eigenvalue weighted by Crippen LogP contribution is 2.20. The molecule has 2 heterocycles. The van der Waals surface area contributed by atoms with Crippen LogP contribution >= 0.6 is 0 Å². The molecule has 19 heavy (non-hydrogen) atoms. The molecule has 0 spiro atoms. The van der Waals surface area contributed by atoms with E-state index in [0.29, 0.717) is 31.4 Å². The van der Waals surface area contributed by atoms with Crippen molar-refractivity contribution in [1.29, 1.82) is 5.26 Å². The van der Waals surface area contributed by atoms with Crippen LogP contribution in [0.2, 0.25) is 0 Å². The van der Waals surface area contributed by atoms with Crippen LogP contribution < -0.4 is 5.32 Å². The summed E-state index contributed by atoms with van der Waals surface area (Å²) >= 11 is 0. The SMILES string of the molecule is CCS(=O)(=O)N1CC(CNc2ccc(C#N)nn2)C1. The number of aromatic nitrogens is 2. The minimum Gasteiger partial charge on any atom is -0.368 e. The highest BCUT2D eigenvalue weighted by molar-refractivity contribution is 7.89. The number of hydrogen-bond donors (Lipinski definition) is 1. The van der Waals surface area contributed by atoms with E-state index >= 15 is 0 Å². The van der Waals surface area contributed by atoms with Crippen molar-refractivity contribution in [3.63, 3.8) is 0 Å². The van der Waals surface area contributed by atoms with Crippen molar-refractivity contribution in [3.8, 4) is 6.07 Å². The maximum Gasteiger partial charge on any atom is 0.213 e. The van der Waals surface area contributed by atoms with E-state index in [1.165, 1.54) is 4.31 Å². The van der Waals surface area contributed by atoms with Crippen molar-refractivity contribution in [2.45, 2.75) is 6.92 Å². The number of nitrogens with zero attached hydrogens (tertiary/aromatic N) is 4. The van der Waals surface area contributed by atoms with Crippen LogP contribution in [0.3, 0.4) is 0 Å². The fourth-order valence-electron chi connectivity index (χ4n) is 1.80. The molecule has 0 atom stereocenters. The molecule has 0 aliphatic carbocycles. The summed E-state index contributed by atoms with van der Waals surface area (Å²) in [7, 11) is -3.04. The van der Waals surface area contributed by atoms with Gasteiger partial charge < -0.3 is 5.32 Å². The van der Waals surface area contributed by atoms with Crippen LogP contribution in [0.15, 0.2) is 12.1 Å². The second kappa shape index (κ2) is 5.50. The van der Waals surface area contributed by atoms with Crippen LogP contribution in [-0.2, 0) is 10.0 Å². The van der Waals surface area contributed by atoms with Gasteiger partial charge in [0.2, 0.25) is 10.0 Å². The maximum atomic E-state index is 11.5. The zero-order chi connectivity index (χ0) is 13.9. The van der Waals surface area contributed by atoms with Crippen molar-refractivity contribution in [2.75, 3.05) is 30.7 Å². The average Bonchev–Trinajstić information content (AvgIpc) is 2.37. The van der Waals surface area contributed by atoms with Gasteiger partial charge in [0.25, 0.3) is 0 Å². The van der Waals surface area contributed by atoms with Crippen LogP contribution in [0.1, 0.15) is 12.6 Å². The molecule has 0 amide bonds. The molecule has 1 fully saturated rings. The Morgan fingerprint density at radius 2 is 2.21 bits per heavy atom. The molecule has 0 saturated carbocycles. The van der Waals surface area contributed by atoms with Crippen LogP contribution in [-0.4, -0.2) is 48.3 Å². The lowest BCUT2D eigenvalue weighted by Crippen LogP contribution is -2.52. The molecule has 1 N–H and O–H groups in total. The Labute approximate surface area is 112 Å². The van der Waals surface area contributed by atoms with E-state index < -0.39 is 10.0 Å². The highest BCUT2D eigenvalue weighted by atomic mass is 32.2. The van der Waals surface area contributed by atoms with Gasteiger partial charge in [-0.05, 0) is 19.1 Å². The Morgan fingerprint density at radius 3 is 2.74 bits per heavy atom. The summed E-state index contributed by atoms with van der Waals surface area (Å²) < 4.78 is 24.5. The molecular formula is C11H15N5O2S. The normalized spacial score (nSPS) is 16.6. The average molecular weight is 281 g/mol. The molecule has 0 radical (unpaired) electrons. The molecule has 7 nitrogen and oxygen atoms in total. The number of nitriles is 1. The fourth-order valence-corrected chi connectivity index (χ4v) is 3.04. The Hall–Kier alpha value is -1.72. The molecule has 1 aliphatic rings. The zero-order valence-corrected chi connectivity index (χ0v) is 11.4. The third-order valence-electron chi connectivity index (χ3n) is 3.03. The van der Waals surface area contributed by atoms with Crippen molar-refractivity contribution >= 4 is 15.8 Å². The number of hydrogen-bond acceptors (Lipinski definition) is 6. The smallest absolute Gasteiger partial charge is 0.213 e. The van der Waals surface area contributed by atoms with Gasteiger partial charge in [-0.3, -0.25) is 0 Å². The number of nitrogens with one attached hydrogen (secondary N) is 1. The summed E-state index contributed by atoms with van der Waals surface area (Å²) in [5, 5.41) is 19.2. The summed E-state index contributed by atoms with van der Waals surface area (Å²) in [4.78, 5) is 0. The topological polar surface area (TPSA) is 99.0 Å². The Morgan fingerprint density at radius 1 is 1.47 bits per heavy atom. The van der Waals surface area contributed by atoms with Gasteiger partial charge in [0.05, 0.1) is 5.75 Å². The van der Waals surface area contributed by atoms with Crippen molar-refractivity contribution in [3.05, 3.63) is 17.8 Å². The van der Waals surface area contributed by atoms with E-state index in [0.717, 1.165) is 0 Å². The summed E-state index contributed by atoms with van der Waals surface area (Å²) in [6, 6.07) is 5.17. The molecule has 2 rings (SSSR count). The maximum absolute atomic E-state index is 11.5. The molecule has 1 saturated heterocycles. The molecule has 0 unspecified atom stereocenters. The van der Waals surface area contributed by atoms with E-state index in [4.69, 9.17) is 5.26 Å². The molecule has 0 aromatic carbocycles. The molecule has 8 heteroatoms. The standard InChI is InChI=1S/C11H15N5O2S/c1-2-19(17,18)16-7-9(8-16)6-13-11-4-3-10(5-12)14-15-11/h3-4,9H,2,6-8H2,1H3,(H,13,15). The van der Waals surface area contributed by atoms with Crippen LogP contribution in [0.4, 0.5) is 5.82 Å². The Balaban J connectivity index is 1.78. The lowest BCUT2D eigenvalue weighted by atomic mass is 10.0. The summed E-state index contributed by atoms with van der Waals surface area (Å²) in [5.41, 5.74) is 0.273. The van der Waals surface area contributed by atoms with Crippen LogP contribution in [0.5, 0.6) is 0 Å². The third-order valence-corrected chi connectivity index (χ3v) is 4.85. The van der Waals surface area contributed by atoms with Crippen molar-refractivity contribution in [2.24, 2.45) is 5.92 Å². The van der Waals surface area contributed by atoms with E-state index in [1.807, 2.05) is 6.07 Å². The fraction of sp³-hybridized carbons (Fsp3) is 0.545. The van der Waals surface area contributed by atoms with Crippen molar-refractivity contribution < 1.29 is 8.42 Å². The first-order chi connectivity index (χ1) is 9.05. The van der Waals surface area contributed by atoms with Gasteiger partial charge in [0, 0.05) is 25.6 Å². The summed E-state index contributed by atoms with van der Waals surface area (Å²) in [6.07, 6.45) is 0. The van der Waals surface area contributed by atoms with Gasteiger partial charge in [-0.2, -0.15) is 5.26 Å². The van der Waals surface area contributed by atoms with E-state index in [1.54, 1.807) is 19.1 Å². The largest absolute Gasteiger partial charge is 0.368 e. The van der Waals surface area contributed by atoms with Gasteiger partial charge in [0.1, 0.15) is 11.9 Å². The van der Waals surface area contributed by atoms with E-state index in [2.05, 4.69) is 15.5 Å². The van der Waals surface area contributed by atoms with Gasteiger partial charge in [-0.1, -0.05) is 0 Å². The number of anilines is 1. The second-order valence-corrected chi connectivity index (χ2v) is 6.64. The minimum absolute atomic E-state index is 0.147. The molecule has 1 aromatic heterocycles. The number of sulfonamides is 1. The van der Waals surface area contributed by atoms with Gasteiger partial charge in [-0.15, -0.1) is 10.2 Å². The third kappa shape index (κ3) is 3.19. The first-order valence-electron chi connectivity index (χ1n) is 6.00. The minimum atomic E-state index is -3.04. The first kappa shape index (κ1) is 13.7. The van der Waals surface area contributed by atoms with Crippen molar-refractivity contribution in [1.82, 2.24) is 14.5 Å². The predicted molar refractivity (Wildman–Crippen MR) is 69.8 cm³/mol. The van der Waals surface area contributed by atoms with Crippen LogP contribution in [0, 0.1) is 17.2 Å². The van der Waals surface area contributed by atoms with Gasteiger partial charge >= 0.3 is 0 Å². The molecular weight excluding hydrogens is 266 g/mol. The molecule has 1 aliphatic heterocycles. The van der Waals surface area contributed by atoms with E-state index in [-0.39, 0.29) is 11.4 Å². The summed E-state index contributed by atoms with van der Waals surface area (Å²) in [6.45, 7) is 3.39. The highest BCUT2D eigenvalue weighted by Gasteiger charge is 2.34. The van der Waals surface area contributed by atoms with Crippen LogP contribution in [0.25, 0.3) is 0 Å². The lowest BCUT2D eigenvalue weighted by Gasteiger charge is -2.37. The zero-order valence-electron chi connectivity index (χ0n) is 10.6. The predicted octanol–water partition coefficient (Wildman–Crippen LogP) is 0.0417. The molecule has 1 aromatic rings.